The first kappa shape index (κ1) is 14.0. The van der Waals surface area contributed by atoms with Gasteiger partial charge in [-0.3, -0.25) is 0 Å². The zero-order valence-corrected chi connectivity index (χ0v) is 12.9. The lowest BCUT2D eigenvalue weighted by Gasteiger charge is -2.10. The number of hydrogen-bond acceptors (Lipinski definition) is 2. The molecule has 0 bridgehead atoms. The van der Waals surface area contributed by atoms with Crippen molar-refractivity contribution in [3.8, 4) is 6.07 Å². The van der Waals surface area contributed by atoms with E-state index in [4.69, 9.17) is 5.26 Å². The molecule has 2 nitrogen and oxygen atoms in total. The molecule has 0 radical (unpaired) electrons. The van der Waals surface area contributed by atoms with Crippen molar-refractivity contribution in [2.45, 2.75) is 6.54 Å². The molecule has 0 aliphatic carbocycles. The summed E-state index contributed by atoms with van der Waals surface area (Å²) in [5, 5.41) is 12.0. The van der Waals surface area contributed by atoms with Gasteiger partial charge in [-0.15, -0.1) is 0 Å². The lowest BCUT2D eigenvalue weighted by Crippen LogP contribution is -2.01. The summed E-state index contributed by atoms with van der Waals surface area (Å²) in [5.74, 6) is -0.265. The maximum absolute atomic E-state index is 13.2. The Hall–Kier alpha value is -1.38. The molecule has 0 saturated heterocycles. The monoisotopic (exact) mass is 382 g/mol. The number of nitrogens with zero attached hydrogens (tertiary/aromatic N) is 1. The van der Waals surface area contributed by atoms with Crippen molar-refractivity contribution in [3.63, 3.8) is 0 Å². The first-order valence-corrected chi connectivity index (χ1v) is 7.06. The maximum Gasteiger partial charge on any atom is 0.123 e. The predicted octanol–water partition coefficient (Wildman–Crippen LogP) is 4.83. The number of rotatable bonds is 3. The number of benzene rings is 2. The van der Waals surface area contributed by atoms with Gasteiger partial charge in [-0.2, -0.15) is 5.26 Å². The van der Waals surface area contributed by atoms with Gasteiger partial charge in [0.1, 0.15) is 5.82 Å². The molecule has 0 heterocycles. The van der Waals surface area contributed by atoms with Gasteiger partial charge in [0.05, 0.1) is 11.6 Å². The van der Waals surface area contributed by atoms with Crippen molar-refractivity contribution in [1.29, 1.82) is 5.26 Å². The summed E-state index contributed by atoms with van der Waals surface area (Å²) < 4.78 is 14.8. The highest BCUT2D eigenvalue weighted by Crippen LogP contribution is 2.25. The number of nitriles is 1. The lowest BCUT2D eigenvalue weighted by atomic mass is 10.2. The van der Waals surface area contributed by atoms with Crippen LogP contribution in [0.25, 0.3) is 0 Å². The van der Waals surface area contributed by atoms with Gasteiger partial charge >= 0.3 is 0 Å². The Morgan fingerprint density at radius 3 is 2.58 bits per heavy atom. The molecule has 2 aromatic carbocycles. The topological polar surface area (TPSA) is 35.8 Å². The lowest BCUT2D eigenvalue weighted by molar-refractivity contribution is 0.625. The highest BCUT2D eigenvalue weighted by Gasteiger charge is 2.04. The van der Waals surface area contributed by atoms with Crippen LogP contribution in [0.3, 0.4) is 0 Å². The minimum Gasteiger partial charge on any atom is -0.380 e. The van der Waals surface area contributed by atoms with E-state index < -0.39 is 0 Å². The molecule has 0 saturated carbocycles. The summed E-state index contributed by atoms with van der Waals surface area (Å²) >= 11 is 6.78. The second-order valence-corrected chi connectivity index (χ2v) is 5.60. The van der Waals surface area contributed by atoms with E-state index in [1.54, 1.807) is 18.2 Å². The molecular formula is C14H9Br2FN2. The van der Waals surface area contributed by atoms with Gasteiger partial charge in [0.2, 0.25) is 0 Å². The zero-order valence-electron chi connectivity index (χ0n) is 9.75. The summed E-state index contributed by atoms with van der Waals surface area (Å²) in [6.45, 7) is 0.489. The molecule has 0 aliphatic rings. The van der Waals surface area contributed by atoms with Crippen LogP contribution >= 0.6 is 31.9 Å². The molecule has 5 heteroatoms. The van der Waals surface area contributed by atoms with Gasteiger partial charge in [-0.05, 0) is 57.9 Å². The molecule has 0 unspecified atom stereocenters. The Balaban J connectivity index is 2.15. The van der Waals surface area contributed by atoms with Crippen LogP contribution in [0, 0.1) is 17.1 Å². The van der Waals surface area contributed by atoms with Crippen molar-refractivity contribution in [3.05, 3.63) is 62.3 Å². The van der Waals surface area contributed by atoms with E-state index in [9.17, 15) is 4.39 Å². The van der Waals surface area contributed by atoms with Crippen molar-refractivity contribution >= 4 is 37.5 Å². The Kier molecular flexibility index (Phi) is 4.56. The highest BCUT2D eigenvalue weighted by atomic mass is 79.9. The molecule has 2 rings (SSSR count). The molecule has 0 fully saturated rings. The van der Waals surface area contributed by atoms with Crippen LogP contribution in [0.4, 0.5) is 10.1 Å². The Bertz CT molecular complexity index is 650. The van der Waals surface area contributed by atoms with Crippen LogP contribution in [0.1, 0.15) is 11.1 Å². The Morgan fingerprint density at radius 2 is 1.89 bits per heavy atom. The van der Waals surface area contributed by atoms with Gasteiger partial charge < -0.3 is 5.32 Å². The van der Waals surface area contributed by atoms with Gasteiger partial charge in [0.25, 0.3) is 0 Å². The number of hydrogen-bond donors (Lipinski definition) is 1. The van der Waals surface area contributed by atoms with Crippen molar-refractivity contribution in [2.75, 3.05) is 5.32 Å². The fourth-order valence-corrected chi connectivity index (χ4v) is 2.50. The molecule has 0 aromatic heterocycles. The fraction of sp³-hybridized carbons (Fsp3) is 0.0714. The van der Waals surface area contributed by atoms with Crippen molar-refractivity contribution in [2.24, 2.45) is 0 Å². The van der Waals surface area contributed by atoms with Crippen LogP contribution in [0.5, 0.6) is 0 Å². The summed E-state index contributed by atoms with van der Waals surface area (Å²) in [6.07, 6.45) is 0. The first-order valence-electron chi connectivity index (χ1n) is 5.47. The van der Waals surface area contributed by atoms with E-state index in [0.717, 1.165) is 20.2 Å². The molecule has 0 spiro atoms. The molecule has 0 aliphatic heterocycles. The molecule has 96 valence electrons. The first-order chi connectivity index (χ1) is 9.10. The van der Waals surface area contributed by atoms with E-state index >= 15 is 0 Å². The predicted molar refractivity (Wildman–Crippen MR) is 80.3 cm³/mol. The second-order valence-electron chi connectivity index (χ2n) is 3.90. The normalized spacial score (nSPS) is 10.0. The number of nitrogens with one attached hydrogen (secondary N) is 1. The summed E-state index contributed by atoms with van der Waals surface area (Å²) in [4.78, 5) is 0. The SMILES string of the molecule is N#Cc1ccc(NCc2cc(F)ccc2Br)c(Br)c1. The quantitative estimate of drug-likeness (QED) is 0.823. The summed E-state index contributed by atoms with van der Waals surface area (Å²) in [5.41, 5.74) is 2.27. The second kappa shape index (κ2) is 6.18. The largest absolute Gasteiger partial charge is 0.380 e. The van der Waals surface area contributed by atoms with E-state index in [1.165, 1.54) is 12.1 Å². The third kappa shape index (κ3) is 3.55. The van der Waals surface area contributed by atoms with Gasteiger partial charge in [0, 0.05) is 21.2 Å². The van der Waals surface area contributed by atoms with Crippen LogP contribution in [0.2, 0.25) is 0 Å². The zero-order chi connectivity index (χ0) is 13.8. The molecule has 0 atom stereocenters. The van der Waals surface area contributed by atoms with Crippen molar-refractivity contribution in [1.82, 2.24) is 0 Å². The van der Waals surface area contributed by atoms with Crippen LogP contribution in [0.15, 0.2) is 45.3 Å². The fourth-order valence-electron chi connectivity index (χ4n) is 1.60. The van der Waals surface area contributed by atoms with Crippen LogP contribution in [-0.2, 0) is 6.54 Å². The van der Waals surface area contributed by atoms with E-state index in [0.29, 0.717) is 12.1 Å². The summed E-state index contributed by atoms with van der Waals surface area (Å²) in [7, 11) is 0. The maximum atomic E-state index is 13.2. The minimum atomic E-state index is -0.265. The highest BCUT2D eigenvalue weighted by molar-refractivity contribution is 9.11. The Labute approximate surface area is 127 Å². The van der Waals surface area contributed by atoms with E-state index in [-0.39, 0.29) is 5.82 Å². The van der Waals surface area contributed by atoms with Crippen LogP contribution < -0.4 is 5.32 Å². The van der Waals surface area contributed by atoms with Crippen LogP contribution in [-0.4, -0.2) is 0 Å². The van der Waals surface area contributed by atoms with E-state index in [2.05, 4.69) is 43.2 Å². The van der Waals surface area contributed by atoms with Crippen molar-refractivity contribution < 1.29 is 4.39 Å². The number of halogens is 3. The molecule has 19 heavy (non-hydrogen) atoms. The third-order valence-electron chi connectivity index (χ3n) is 2.58. The van der Waals surface area contributed by atoms with Gasteiger partial charge in [-0.25, -0.2) is 4.39 Å². The third-order valence-corrected chi connectivity index (χ3v) is 4.00. The molecule has 1 N–H and O–H groups in total. The minimum absolute atomic E-state index is 0.265. The molecular weight excluding hydrogens is 375 g/mol. The summed E-state index contributed by atoms with van der Waals surface area (Å²) in [6, 6.07) is 11.9. The average molecular weight is 384 g/mol. The number of anilines is 1. The average Bonchev–Trinajstić information content (AvgIpc) is 2.40. The van der Waals surface area contributed by atoms with Gasteiger partial charge in [-0.1, -0.05) is 15.9 Å². The van der Waals surface area contributed by atoms with E-state index in [1.807, 2.05) is 6.07 Å². The standard InChI is InChI=1S/C14H9Br2FN2/c15-12-3-2-11(17)6-10(12)8-19-14-4-1-9(7-18)5-13(14)16/h1-6,19H,8H2. The van der Waals surface area contributed by atoms with Gasteiger partial charge in [0.15, 0.2) is 0 Å². The smallest absolute Gasteiger partial charge is 0.123 e. The Morgan fingerprint density at radius 1 is 1.11 bits per heavy atom. The molecule has 2 aromatic rings. The molecule has 0 amide bonds.